The third-order valence-electron chi connectivity index (χ3n) is 3.83. The zero-order chi connectivity index (χ0) is 13.1. The number of nitrogens with one attached hydrogen (secondary N) is 1. The van der Waals surface area contributed by atoms with E-state index < -0.39 is 0 Å². The quantitative estimate of drug-likeness (QED) is 0.705. The monoisotopic (exact) mass is 290 g/mol. The molecule has 0 unspecified atom stereocenters. The molecule has 0 radical (unpaired) electrons. The Hall–Kier alpha value is -0.280. The normalized spacial score (nSPS) is 17.1. The lowest BCUT2D eigenvalue weighted by molar-refractivity contribution is -0.122. The number of carbonyl (C=O) groups is 1. The smallest absolute Gasteiger partial charge is 0.220 e. The van der Waals surface area contributed by atoms with Gasteiger partial charge < -0.3 is 11.1 Å². The Balaban J connectivity index is 0.00000324. The fourth-order valence-corrected chi connectivity index (χ4v) is 2.68. The Morgan fingerprint density at radius 2 is 1.53 bits per heavy atom. The van der Waals surface area contributed by atoms with Crippen LogP contribution in [0.5, 0.6) is 0 Å². The van der Waals surface area contributed by atoms with E-state index in [0.717, 1.165) is 32.2 Å². The van der Waals surface area contributed by atoms with Crippen molar-refractivity contribution in [2.45, 2.75) is 83.1 Å². The van der Waals surface area contributed by atoms with Crippen LogP contribution in [0, 0.1) is 0 Å². The van der Waals surface area contributed by atoms with Crippen LogP contribution in [-0.2, 0) is 4.79 Å². The minimum Gasteiger partial charge on any atom is -0.353 e. The second kappa shape index (κ2) is 12.7. The molecule has 0 atom stereocenters. The first kappa shape index (κ1) is 18.7. The zero-order valence-corrected chi connectivity index (χ0v) is 13.0. The lowest BCUT2D eigenvalue weighted by atomic mass is 9.96. The SMILES string of the molecule is Cl.NCCCCCCC(=O)NC1CCCCCCC1. The van der Waals surface area contributed by atoms with Crippen LogP contribution in [0.2, 0.25) is 0 Å². The van der Waals surface area contributed by atoms with Gasteiger partial charge in [-0.3, -0.25) is 4.79 Å². The minimum absolute atomic E-state index is 0. The van der Waals surface area contributed by atoms with E-state index in [-0.39, 0.29) is 18.3 Å². The second-order valence-corrected chi connectivity index (χ2v) is 5.56. The third kappa shape index (κ3) is 10.2. The van der Waals surface area contributed by atoms with Crippen LogP contribution in [0.3, 0.4) is 0 Å². The molecular formula is C15H31ClN2O. The van der Waals surface area contributed by atoms with E-state index in [1.165, 1.54) is 44.9 Å². The standard InChI is InChI=1S/C15H30N2O.ClH/c16-13-9-5-4-8-12-15(18)17-14-10-6-2-1-3-7-11-14;/h14H,1-13,16H2,(H,17,18);1H. The molecule has 1 rings (SSSR count). The number of rotatable bonds is 7. The molecule has 114 valence electrons. The van der Waals surface area contributed by atoms with E-state index in [1.54, 1.807) is 0 Å². The molecule has 0 heterocycles. The van der Waals surface area contributed by atoms with E-state index in [1.807, 2.05) is 0 Å². The molecule has 3 N–H and O–H groups in total. The van der Waals surface area contributed by atoms with Gasteiger partial charge in [-0.15, -0.1) is 12.4 Å². The number of hydrogen-bond donors (Lipinski definition) is 2. The number of amides is 1. The van der Waals surface area contributed by atoms with Gasteiger partial charge in [0.2, 0.25) is 5.91 Å². The van der Waals surface area contributed by atoms with Crippen molar-refractivity contribution in [2.24, 2.45) is 5.73 Å². The lowest BCUT2D eigenvalue weighted by Gasteiger charge is -2.21. The molecule has 0 aromatic carbocycles. The van der Waals surface area contributed by atoms with E-state index in [0.29, 0.717) is 12.5 Å². The Bertz CT molecular complexity index is 216. The Kier molecular flexibility index (Phi) is 12.6. The van der Waals surface area contributed by atoms with Gasteiger partial charge >= 0.3 is 0 Å². The zero-order valence-electron chi connectivity index (χ0n) is 12.2. The van der Waals surface area contributed by atoms with Crippen LogP contribution in [0.4, 0.5) is 0 Å². The van der Waals surface area contributed by atoms with E-state index >= 15 is 0 Å². The molecule has 1 aliphatic rings. The third-order valence-corrected chi connectivity index (χ3v) is 3.83. The van der Waals surface area contributed by atoms with Gasteiger partial charge in [-0.05, 0) is 32.2 Å². The molecule has 3 nitrogen and oxygen atoms in total. The summed E-state index contributed by atoms with van der Waals surface area (Å²) >= 11 is 0. The maximum Gasteiger partial charge on any atom is 0.220 e. The van der Waals surface area contributed by atoms with Gasteiger partial charge in [0.15, 0.2) is 0 Å². The Labute approximate surface area is 124 Å². The number of unbranched alkanes of at least 4 members (excludes halogenated alkanes) is 3. The first-order valence-corrected chi connectivity index (χ1v) is 7.82. The molecule has 0 aliphatic heterocycles. The average Bonchev–Trinajstić information content (AvgIpc) is 2.32. The van der Waals surface area contributed by atoms with Gasteiger partial charge in [0, 0.05) is 12.5 Å². The average molecular weight is 291 g/mol. The number of nitrogens with two attached hydrogens (primary N) is 1. The van der Waals surface area contributed by atoms with Gasteiger partial charge in [-0.25, -0.2) is 0 Å². The number of halogens is 1. The topological polar surface area (TPSA) is 55.1 Å². The van der Waals surface area contributed by atoms with Crippen LogP contribution < -0.4 is 11.1 Å². The highest BCUT2D eigenvalue weighted by Crippen LogP contribution is 2.17. The van der Waals surface area contributed by atoms with Crippen LogP contribution in [0.1, 0.15) is 77.0 Å². The first-order chi connectivity index (χ1) is 8.83. The summed E-state index contributed by atoms with van der Waals surface area (Å²) in [4.78, 5) is 11.8. The summed E-state index contributed by atoms with van der Waals surface area (Å²) in [5.74, 6) is 0.258. The molecule has 0 aromatic heterocycles. The molecule has 1 amide bonds. The Morgan fingerprint density at radius 1 is 0.947 bits per heavy atom. The van der Waals surface area contributed by atoms with E-state index in [2.05, 4.69) is 5.32 Å². The molecule has 4 heteroatoms. The highest BCUT2D eigenvalue weighted by atomic mass is 35.5. The Morgan fingerprint density at radius 3 is 2.16 bits per heavy atom. The van der Waals surface area contributed by atoms with Crippen molar-refractivity contribution in [1.82, 2.24) is 5.32 Å². The van der Waals surface area contributed by atoms with Gasteiger partial charge in [-0.1, -0.05) is 44.9 Å². The molecule has 0 aromatic rings. The lowest BCUT2D eigenvalue weighted by Crippen LogP contribution is -2.35. The molecule has 1 aliphatic carbocycles. The highest BCUT2D eigenvalue weighted by molar-refractivity contribution is 5.85. The predicted molar refractivity (Wildman–Crippen MR) is 83.6 cm³/mol. The summed E-state index contributed by atoms with van der Waals surface area (Å²) < 4.78 is 0. The van der Waals surface area contributed by atoms with Gasteiger partial charge in [0.25, 0.3) is 0 Å². The summed E-state index contributed by atoms with van der Waals surface area (Å²) in [6, 6.07) is 0.446. The van der Waals surface area contributed by atoms with Crippen molar-refractivity contribution in [3.05, 3.63) is 0 Å². The van der Waals surface area contributed by atoms with Crippen molar-refractivity contribution >= 4 is 18.3 Å². The number of hydrogen-bond acceptors (Lipinski definition) is 2. The van der Waals surface area contributed by atoms with Crippen molar-refractivity contribution < 1.29 is 4.79 Å². The maximum absolute atomic E-state index is 11.8. The molecular weight excluding hydrogens is 260 g/mol. The molecule has 19 heavy (non-hydrogen) atoms. The summed E-state index contributed by atoms with van der Waals surface area (Å²) in [6.45, 7) is 0.772. The van der Waals surface area contributed by atoms with Gasteiger partial charge in [-0.2, -0.15) is 0 Å². The second-order valence-electron chi connectivity index (χ2n) is 5.56. The van der Waals surface area contributed by atoms with Gasteiger partial charge in [0.05, 0.1) is 0 Å². The summed E-state index contributed by atoms with van der Waals surface area (Å²) in [7, 11) is 0. The van der Waals surface area contributed by atoms with E-state index in [4.69, 9.17) is 5.73 Å². The maximum atomic E-state index is 11.8. The first-order valence-electron chi connectivity index (χ1n) is 7.82. The van der Waals surface area contributed by atoms with Gasteiger partial charge in [0.1, 0.15) is 0 Å². The fourth-order valence-electron chi connectivity index (χ4n) is 2.68. The molecule has 0 spiro atoms. The van der Waals surface area contributed by atoms with Crippen LogP contribution in [0.25, 0.3) is 0 Å². The molecule has 0 saturated heterocycles. The van der Waals surface area contributed by atoms with Crippen LogP contribution in [-0.4, -0.2) is 18.5 Å². The highest BCUT2D eigenvalue weighted by Gasteiger charge is 2.13. The molecule has 0 bridgehead atoms. The largest absolute Gasteiger partial charge is 0.353 e. The predicted octanol–water partition coefficient (Wildman–Crippen LogP) is 3.55. The summed E-state index contributed by atoms with van der Waals surface area (Å²) in [6.07, 6.45) is 14.1. The minimum atomic E-state index is 0. The summed E-state index contributed by atoms with van der Waals surface area (Å²) in [5.41, 5.74) is 5.44. The molecule has 1 saturated carbocycles. The van der Waals surface area contributed by atoms with Crippen molar-refractivity contribution in [3.63, 3.8) is 0 Å². The fraction of sp³-hybridized carbons (Fsp3) is 0.933. The van der Waals surface area contributed by atoms with Crippen LogP contribution >= 0.6 is 12.4 Å². The van der Waals surface area contributed by atoms with Crippen molar-refractivity contribution in [2.75, 3.05) is 6.54 Å². The van der Waals surface area contributed by atoms with Crippen LogP contribution in [0.15, 0.2) is 0 Å². The van der Waals surface area contributed by atoms with Crippen molar-refractivity contribution in [1.29, 1.82) is 0 Å². The number of carbonyl (C=O) groups excluding carboxylic acids is 1. The van der Waals surface area contributed by atoms with Crippen molar-refractivity contribution in [3.8, 4) is 0 Å². The summed E-state index contributed by atoms with van der Waals surface area (Å²) in [5, 5.41) is 3.21. The van der Waals surface area contributed by atoms with E-state index in [9.17, 15) is 4.79 Å². The molecule has 1 fully saturated rings.